The second kappa shape index (κ2) is 13.8. The Balaban J connectivity index is 0.000000142. The van der Waals surface area contributed by atoms with Crippen LogP contribution in [0.15, 0.2) is 73.6 Å². The van der Waals surface area contributed by atoms with E-state index in [1.165, 1.54) is 0 Å². The summed E-state index contributed by atoms with van der Waals surface area (Å²) in [6.45, 7) is 4.60. The van der Waals surface area contributed by atoms with E-state index in [0.29, 0.717) is 46.6 Å². The Kier molecular flexibility index (Phi) is 8.50. The van der Waals surface area contributed by atoms with Crippen molar-refractivity contribution in [1.82, 2.24) is 59.1 Å². The van der Waals surface area contributed by atoms with Crippen molar-refractivity contribution in [3.63, 3.8) is 0 Å². The fourth-order valence-electron chi connectivity index (χ4n) is 8.90. The molecule has 2 saturated carbocycles. The van der Waals surface area contributed by atoms with Gasteiger partial charge in [-0.1, -0.05) is 13.8 Å². The predicted molar refractivity (Wildman–Crippen MR) is 200 cm³/mol. The summed E-state index contributed by atoms with van der Waals surface area (Å²) in [7, 11) is 0. The van der Waals surface area contributed by atoms with Crippen LogP contribution in [0.1, 0.15) is 85.5 Å². The van der Waals surface area contributed by atoms with Gasteiger partial charge in [0.15, 0.2) is 22.6 Å². The van der Waals surface area contributed by atoms with Gasteiger partial charge in [-0.2, -0.15) is 10.5 Å². The summed E-state index contributed by atoms with van der Waals surface area (Å²) >= 11 is 0. The molecule has 8 aromatic heterocycles. The van der Waals surface area contributed by atoms with Gasteiger partial charge in [0.05, 0.1) is 34.6 Å². The van der Waals surface area contributed by atoms with E-state index in [-0.39, 0.29) is 0 Å². The SMILES string of the molecule is C[C@@H]1C[C@H](Cc2ccc(C#N)cn2)C[C@@H]1c1nnc2cnc3[nH]ccc3n12.C[C@H]1C[C@@H](Cc2ccc(C#N)cn2)C[C@H]1c1nnc2cnc3[nH]ccc3n12. The van der Waals surface area contributed by atoms with E-state index < -0.39 is 0 Å². The van der Waals surface area contributed by atoms with Gasteiger partial charge in [0.1, 0.15) is 23.8 Å². The van der Waals surface area contributed by atoms with Crippen LogP contribution in [-0.4, -0.2) is 59.1 Å². The number of aromatic amines is 2. The molecule has 0 saturated heterocycles. The van der Waals surface area contributed by atoms with Gasteiger partial charge in [0.2, 0.25) is 0 Å². The minimum atomic E-state index is 0.365. The third-order valence-corrected chi connectivity index (χ3v) is 11.5. The summed E-state index contributed by atoms with van der Waals surface area (Å²) in [4.78, 5) is 24.0. The first-order valence-corrected chi connectivity index (χ1v) is 18.5. The summed E-state index contributed by atoms with van der Waals surface area (Å²) in [6, 6.07) is 15.9. The van der Waals surface area contributed by atoms with Gasteiger partial charge in [-0.15, -0.1) is 20.4 Å². The van der Waals surface area contributed by atoms with E-state index in [9.17, 15) is 0 Å². The smallest absolute Gasteiger partial charge is 0.179 e. The summed E-state index contributed by atoms with van der Waals surface area (Å²) in [5.41, 5.74) is 8.66. The maximum absolute atomic E-state index is 8.92. The third kappa shape index (κ3) is 6.09. The summed E-state index contributed by atoms with van der Waals surface area (Å²) in [5, 5.41) is 35.6. The molecule has 8 heterocycles. The summed E-state index contributed by atoms with van der Waals surface area (Å²) in [5.74, 6) is 4.96. The van der Waals surface area contributed by atoms with E-state index >= 15 is 0 Å². The van der Waals surface area contributed by atoms with E-state index in [1.807, 2.05) is 48.8 Å². The van der Waals surface area contributed by atoms with Crippen LogP contribution in [0.5, 0.6) is 0 Å². The Morgan fingerprint density at radius 1 is 0.593 bits per heavy atom. The Morgan fingerprint density at radius 3 is 1.46 bits per heavy atom. The van der Waals surface area contributed by atoms with Crippen LogP contribution in [0.3, 0.4) is 0 Å². The van der Waals surface area contributed by atoms with Crippen LogP contribution in [0.25, 0.3) is 33.6 Å². The minimum absolute atomic E-state index is 0.365. The van der Waals surface area contributed by atoms with Gasteiger partial charge in [-0.25, -0.2) is 9.97 Å². The van der Waals surface area contributed by atoms with Crippen molar-refractivity contribution >= 4 is 33.6 Å². The Labute approximate surface area is 310 Å². The molecule has 2 N–H and O–H groups in total. The molecule has 54 heavy (non-hydrogen) atoms. The van der Waals surface area contributed by atoms with Gasteiger partial charge >= 0.3 is 0 Å². The quantitative estimate of drug-likeness (QED) is 0.192. The molecule has 2 aliphatic carbocycles. The molecule has 2 fully saturated rings. The highest BCUT2D eigenvalue weighted by atomic mass is 15.3. The average molecular weight is 715 g/mol. The number of nitriles is 2. The van der Waals surface area contributed by atoms with E-state index in [4.69, 9.17) is 10.5 Å². The molecular formula is C40H38N14. The number of fused-ring (bicyclic) bond motifs is 6. The van der Waals surface area contributed by atoms with Gasteiger partial charge in [0.25, 0.3) is 0 Å². The standard InChI is InChI=1S/2C20H19N7/c2*1-12-6-14(7-15-3-2-13(9-21)10-23-15)8-16(12)20-26-25-18-11-24-19-17(27(18)20)4-5-22-19/h2*2-5,10-12,14,16,22H,6-8H2,1H3/t2*12-,14-,16+/m10/s1. The Bertz CT molecular complexity index is 2480. The fourth-order valence-corrected chi connectivity index (χ4v) is 8.90. The molecular weight excluding hydrogens is 677 g/mol. The molecule has 2 aliphatic rings. The zero-order chi connectivity index (χ0) is 36.8. The largest absolute Gasteiger partial charge is 0.345 e. The van der Waals surface area contributed by atoms with Gasteiger partial charge < -0.3 is 9.97 Å². The average Bonchev–Trinajstić information content (AvgIpc) is 4.05. The van der Waals surface area contributed by atoms with Crippen molar-refractivity contribution in [1.29, 1.82) is 10.5 Å². The lowest BCUT2D eigenvalue weighted by atomic mass is 9.97. The van der Waals surface area contributed by atoms with Crippen LogP contribution >= 0.6 is 0 Å². The number of aromatic nitrogens is 12. The zero-order valence-corrected chi connectivity index (χ0v) is 30.0. The molecule has 0 aromatic carbocycles. The minimum Gasteiger partial charge on any atom is -0.345 e. The number of pyridine rings is 2. The van der Waals surface area contributed by atoms with Crippen molar-refractivity contribution < 1.29 is 0 Å². The molecule has 0 radical (unpaired) electrons. The fraction of sp³-hybridized carbons (Fsp3) is 0.350. The second-order valence-corrected chi connectivity index (χ2v) is 15.0. The predicted octanol–water partition coefficient (Wildman–Crippen LogP) is 6.49. The van der Waals surface area contributed by atoms with Crippen LogP contribution < -0.4 is 0 Å². The van der Waals surface area contributed by atoms with Gasteiger partial charge in [0, 0.05) is 48.0 Å². The molecule has 0 aliphatic heterocycles. The number of hydrogen-bond acceptors (Lipinski definition) is 10. The molecule has 0 bridgehead atoms. The molecule has 0 spiro atoms. The summed E-state index contributed by atoms with van der Waals surface area (Å²) in [6.07, 6.45) is 17.0. The summed E-state index contributed by atoms with van der Waals surface area (Å²) < 4.78 is 4.28. The van der Waals surface area contributed by atoms with Crippen molar-refractivity contribution in [3.05, 3.63) is 108 Å². The first-order chi connectivity index (χ1) is 26.4. The molecule has 10 rings (SSSR count). The second-order valence-electron chi connectivity index (χ2n) is 15.0. The Morgan fingerprint density at radius 2 is 1.06 bits per heavy atom. The maximum atomic E-state index is 8.92. The van der Waals surface area contributed by atoms with Crippen molar-refractivity contribution in [2.45, 2.75) is 64.2 Å². The number of nitrogens with one attached hydrogen (secondary N) is 2. The number of hydrogen-bond donors (Lipinski definition) is 2. The highest BCUT2D eigenvalue weighted by Gasteiger charge is 2.37. The molecule has 14 heteroatoms. The first kappa shape index (κ1) is 33.3. The zero-order valence-electron chi connectivity index (χ0n) is 30.0. The Hall–Kier alpha value is -6.54. The normalized spacial score (nSPS) is 22.4. The lowest BCUT2D eigenvalue weighted by Crippen LogP contribution is -2.08. The van der Waals surface area contributed by atoms with Crippen molar-refractivity contribution in [2.24, 2.45) is 23.7 Å². The van der Waals surface area contributed by atoms with Crippen LogP contribution in [0, 0.1) is 46.3 Å². The highest BCUT2D eigenvalue weighted by molar-refractivity contribution is 5.75. The van der Waals surface area contributed by atoms with Gasteiger partial charge in [-0.05, 0) is 98.6 Å². The topological polar surface area (TPSA) is 191 Å². The third-order valence-electron chi connectivity index (χ3n) is 11.5. The molecule has 268 valence electrons. The molecule has 14 nitrogen and oxygen atoms in total. The molecule has 8 aromatic rings. The van der Waals surface area contributed by atoms with Crippen LogP contribution in [0.2, 0.25) is 0 Å². The van der Waals surface area contributed by atoms with E-state index in [1.54, 1.807) is 24.8 Å². The maximum Gasteiger partial charge on any atom is 0.179 e. The number of nitrogens with zero attached hydrogens (tertiary/aromatic N) is 12. The van der Waals surface area contributed by atoms with Crippen LogP contribution in [0.4, 0.5) is 0 Å². The number of rotatable bonds is 6. The molecule has 0 amide bonds. The first-order valence-electron chi connectivity index (χ1n) is 18.5. The monoisotopic (exact) mass is 714 g/mol. The van der Waals surface area contributed by atoms with Crippen molar-refractivity contribution in [3.8, 4) is 12.1 Å². The molecule has 0 unspecified atom stereocenters. The van der Waals surface area contributed by atoms with Crippen LogP contribution in [-0.2, 0) is 12.8 Å². The molecule has 6 atom stereocenters. The van der Waals surface area contributed by atoms with E-state index in [2.05, 4.69) is 85.1 Å². The highest BCUT2D eigenvalue weighted by Crippen LogP contribution is 2.45. The number of H-pyrrole nitrogens is 2. The lowest BCUT2D eigenvalue weighted by molar-refractivity contribution is 0.498. The lowest BCUT2D eigenvalue weighted by Gasteiger charge is -2.13. The van der Waals surface area contributed by atoms with Gasteiger partial charge in [-0.3, -0.25) is 18.8 Å². The van der Waals surface area contributed by atoms with E-state index in [0.717, 1.165) is 95.2 Å². The van der Waals surface area contributed by atoms with Crippen molar-refractivity contribution in [2.75, 3.05) is 0 Å².